The van der Waals surface area contributed by atoms with Crippen LogP contribution in [0.15, 0.2) is 84.4 Å². The molecule has 1 saturated heterocycles. The van der Waals surface area contributed by atoms with E-state index in [4.69, 9.17) is 23.2 Å². The van der Waals surface area contributed by atoms with Gasteiger partial charge in [-0.05, 0) is 57.8 Å². The highest BCUT2D eigenvalue weighted by Gasteiger charge is 2.37. The summed E-state index contributed by atoms with van der Waals surface area (Å²) in [5, 5.41) is 4.27. The van der Waals surface area contributed by atoms with Crippen LogP contribution in [-0.4, -0.2) is 17.8 Å². The molecule has 0 bridgehead atoms. The second-order valence-electron chi connectivity index (χ2n) is 8.18. The number of anilines is 1. The monoisotopic (exact) mass is 518 g/mol. The van der Waals surface area contributed by atoms with Crippen molar-refractivity contribution in [2.75, 3.05) is 4.90 Å². The molecule has 4 aromatic carbocycles. The van der Waals surface area contributed by atoms with Gasteiger partial charge in [-0.2, -0.15) is 0 Å². The topological polar surface area (TPSA) is 66.5 Å². The van der Waals surface area contributed by atoms with Crippen LogP contribution in [0.3, 0.4) is 0 Å². The summed E-state index contributed by atoms with van der Waals surface area (Å²) in [5.74, 6) is -2.00. The van der Waals surface area contributed by atoms with Gasteiger partial charge in [0.1, 0.15) is 11.4 Å². The highest BCUT2D eigenvalue weighted by molar-refractivity contribution is 6.43. The Bertz CT molecular complexity index is 1600. The Balaban J connectivity index is 1.65. The number of nitrogens with one attached hydrogen (secondary N) is 1. The van der Waals surface area contributed by atoms with Crippen molar-refractivity contribution in [3.8, 4) is 0 Å². The zero-order chi connectivity index (χ0) is 25.4. The third-order valence-corrected chi connectivity index (χ3v) is 6.69. The summed E-state index contributed by atoms with van der Waals surface area (Å²) >= 11 is 12.1. The lowest BCUT2D eigenvalue weighted by atomic mass is 9.92. The molecule has 0 spiro atoms. The minimum absolute atomic E-state index is 0.151. The summed E-state index contributed by atoms with van der Waals surface area (Å²) in [6, 6.07) is 21.0. The fourth-order valence-electron chi connectivity index (χ4n) is 4.17. The first-order valence-electron chi connectivity index (χ1n) is 10.9. The van der Waals surface area contributed by atoms with Crippen molar-refractivity contribution in [1.29, 1.82) is 0 Å². The minimum Gasteiger partial charge on any atom is -0.273 e. The molecular weight excluding hydrogens is 502 g/mol. The predicted molar refractivity (Wildman–Crippen MR) is 139 cm³/mol. The van der Waals surface area contributed by atoms with Crippen molar-refractivity contribution in [2.45, 2.75) is 6.42 Å². The number of carbonyl (C=O) groups is 3. The Morgan fingerprint density at radius 1 is 0.833 bits per heavy atom. The molecule has 1 N–H and O–H groups in total. The Hall–Kier alpha value is -4.00. The van der Waals surface area contributed by atoms with Crippen molar-refractivity contribution in [3.63, 3.8) is 0 Å². The molecule has 0 radical (unpaired) electrons. The number of benzene rings is 4. The summed E-state index contributed by atoms with van der Waals surface area (Å²) < 4.78 is 14.4. The van der Waals surface area contributed by atoms with E-state index in [0.717, 1.165) is 15.7 Å². The van der Waals surface area contributed by atoms with Gasteiger partial charge in [0.05, 0.1) is 15.7 Å². The molecule has 0 saturated carbocycles. The number of barbiturate groups is 1. The molecule has 1 heterocycles. The number of carbonyl (C=O) groups excluding carboxylic acids is 3. The van der Waals surface area contributed by atoms with Gasteiger partial charge in [0.2, 0.25) is 0 Å². The average molecular weight is 519 g/mol. The number of urea groups is 1. The number of nitrogens with zero attached hydrogens (tertiary/aromatic N) is 1. The number of amides is 4. The number of imide groups is 2. The van der Waals surface area contributed by atoms with E-state index in [1.54, 1.807) is 18.2 Å². The van der Waals surface area contributed by atoms with E-state index in [1.165, 1.54) is 30.3 Å². The van der Waals surface area contributed by atoms with Crippen molar-refractivity contribution in [2.24, 2.45) is 0 Å². The summed E-state index contributed by atoms with van der Waals surface area (Å²) in [7, 11) is 0. The van der Waals surface area contributed by atoms with Gasteiger partial charge >= 0.3 is 6.03 Å². The van der Waals surface area contributed by atoms with Gasteiger partial charge in [-0.15, -0.1) is 0 Å². The quantitative estimate of drug-likeness (QED) is 0.246. The van der Waals surface area contributed by atoms with Gasteiger partial charge in [0, 0.05) is 6.42 Å². The van der Waals surface area contributed by atoms with Gasteiger partial charge < -0.3 is 0 Å². The molecule has 0 aromatic heterocycles. The lowest BCUT2D eigenvalue weighted by Crippen LogP contribution is -2.54. The van der Waals surface area contributed by atoms with Crippen LogP contribution in [0.1, 0.15) is 16.7 Å². The summed E-state index contributed by atoms with van der Waals surface area (Å²) in [6.45, 7) is 0. The first-order valence-corrected chi connectivity index (χ1v) is 11.7. The zero-order valence-corrected chi connectivity index (χ0v) is 20.1. The highest BCUT2D eigenvalue weighted by atomic mass is 35.5. The van der Waals surface area contributed by atoms with Crippen LogP contribution in [0, 0.1) is 5.82 Å². The second-order valence-corrected chi connectivity index (χ2v) is 9.00. The van der Waals surface area contributed by atoms with Crippen LogP contribution in [0.2, 0.25) is 10.0 Å². The van der Waals surface area contributed by atoms with Crippen LogP contribution in [0.25, 0.3) is 16.8 Å². The molecule has 8 heteroatoms. The van der Waals surface area contributed by atoms with Crippen molar-refractivity contribution >= 4 is 63.6 Å². The van der Waals surface area contributed by atoms with Crippen LogP contribution < -0.4 is 10.2 Å². The van der Waals surface area contributed by atoms with Gasteiger partial charge in [-0.1, -0.05) is 77.8 Å². The zero-order valence-electron chi connectivity index (χ0n) is 18.6. The minimum atomic E-state index is -0.898. The molecule has 4 aromatic rings. The molecule has 4 amide bonds. The van der Waals surface area contributed by atoms with E-state index >= 15 is 0 Å². The molecule has 1 aliphatic heterocycles. The molecule has 36 heavy (non-hydrogen) atoms. The Morgan fingerprint density at radius 2 is 1.58 bits per heavy atom. The molecule has 0 unspecified atom stereocenters. The van der Waals surface area contributed by atoms with E-state index in [1.807, 2.05) is 36.4 Å². The van der Waals surface area contributed by atoms with Crippen LogP contribution in [0.4, 0.5) is 14.9 Å². The lowest BCUT2D eigenvalue weighted by molar-refractivity contribution is -0.122. The summed E-state index contributed by atoms with van der Waals surface area (Å²) in [4.78, 5) is 39.7. The van der Waals surface area contributed by atoms with Gasteiger partial charge in [-0.25, -0.2) is 14.1 Å². The van der Waals surface area contributed by atoms with Crippen LogP contribution in [-0.2, 0) is 16.0 Å². The van der Waals surface area contributed by atoms with Gasteiger partial charge in [-0.3, -0.25) is 14.9 Å². The van der Waals surface area contributed by atoms with Crippen molar-refractivity contribution in [3.05, 3.63) is 117 Å². The standard InChI is InChI=1S/C28H17Cl2FN2O3/c29-23-12-11-19(14-24(23)30)33-27(35)22(26(34)32-28(33)36)15-21-17(13-18-6-2-4-8-25(18)31)10-9-16-5-1-3-7-20(16)21/h1-12,14-15H,13H2,(H,32,34,36)/b22-15+. The van der Waals surface area contributed by atoms with E-state index in [2.05, 4.69) is 5.32 Å². The number of fused-ring (bicyclic) bond motifs is 1. The van der Waals surface area contributed by atoms with E-state index in [-0.39, 0.29) is 33.5 Å². The first-order chi connectivity index (χ1) is 17.3. The summed E-state index contributed by atoms with van der Waals surface area (Å²) in [5.41, 5.74) is 1.68. The van der Waals surface area contributed by atoms with Gasteiger partial charge in [0.25, 0.3) is 11.8 Å². The number of hydrogen-bond donors (Lipinski definition) is 1. The number of rotatable bonds is 4. The molecule has 0 atom stereocenters. The molecular formula is C28H17Cl2FN2O3. The maximum atomic E-state index is 14.4. The summed E-state index contributed by atoms with van der Waals surface area (Å²) in [6.07, 6.45) is 1.69. The van der Waals surface area contributed by atoms with Crippen molar-refractivity contribution in [1.82, 2.24) is 5.32 Å². The first kappa shape index (κ1) is 23.7. The molecule has 0 aliphatic carbocycles. The third-order valence-electron chi connectivity index (χ3n) is 5.95. The maximum absolute atomic E-state index is 14.4. The fraction of sp³-hybridized carbons (Fsp3) is 0.0357. The van der Waals surface area contributed by atoms with Crippen molar-refractivity contribution < 1.29 is 18.8 Å². The predicted octanol–water partition coefficient (Wildman–Crippen LogP) is 6.54. The van der Waals surface area contributed by atoms with E-state index in [9.17, 15) is 18.8 Å². The highest BCUT2D eigenvalue weighted by Crippen LogP contribution is 2.31. The average Bonchev–Trinajstić information content (AvgIpc) is 2.86. The maximum Gasteiger partial charge on any atom is 0.335 e. The lowest BCUT2D eigenvalue weighted by Gasteiger charge is -2.27. The van der Waals surface area contributed by atoms with Crippen LogP contribution in [0.5, 0.6) is 0 Å². The van der Waals surface area contributed by atoms with E-state index < -0.39 is 17.8 Å². The van der Waals surface area contributed by atoms with Gasteiger partial charge in [0.15, 0.2) is 0 Å². The van der Waals surface area contributed by atoms with E-state index in [0.29, 0.717) is 16.7 Å². The number of hydrogen-bond acceptors (Lipinski definition) is 3. The Morgan fingerprint density at radius 3 is 2.36 bits per heavy atom. The molecule has 178 valence electrons. The smallest absolute Gasteiger partial charge is 0.273 e. The SMILES string of the molecule is O=C1NC(=O)N(c2ccc(Cl)c(Cl)c2)C(=O)/C1=C/c1c(Cc2ccccc2F)ccc2ccccc12. The molecule has 1 fully saturated rings. The number of halogens is 3. The Labute approximate surface area is 215 Å². The molecule has 5 nitrogen and oxygen atoms in total. The second kappa shape index (κ2) is 9.57. The normalized spacial score (nSPS) is 15.0. The molecule has 5 rings (SSSR count). The van der Waals surface area contributed by atoms with Crippen LogP contribution >= 0.6 is 23.2 Å². The largest absolute Gasteiger partial charge is 0.335 e. The Kier molecular flexibility index (Phi) is 6.31. The third kappa shape index (κ3) is 4.37. The molecule has 1 aliphatic rings. The fourth-order valence-corrected chi connectivity index (χ4v) is 4.47.